The summed E-state index contributed by atoms with van der Waals surface area (Å²) in [6.45, 7) is 3.78. The number of hydrogen-bond donors (Lipinski definition) is 5. The second kappa shape index (κ2) is 14.2. The van der Waals surface area contributed by atoms with Crippen molar-refractivity contribution < 1.29 is 23.5 Å². The van der Waals surface area contributed by atoms with E-state index in [0.29, 0.717) is 51.9 Å². The molecule has 0 spiro atoms. The summed E-state index contributed by atoms with van der Waals surface area (Å²) >= 11 is 2.07. The van der Waals surface area contributed by atoms with Crippen LogP contribution in [0.1, 0.15) is 6.42 Å². The maximum atomic E-state index is 13.1. The van der Waals surface area contributed by atoms with Crippen LogP contribution in [0.5, 0.6) is 0 Å². The van der Waals surface area contributed by atoms with Crippen molar-refractivity contribution >= 4 is 46.7 Å². The number of anilines is 2. The van der Waals surface area contributed by atoms with Gasteiger partial charge in [-0.25, -0.2) is 0 Å². The standard InChI is InChI=1S/C31H26N8O5S2/c1-2-7-24(45-30-34-25(36-38-30)22-10-6-17-43-22)27(40)32-20-13-11-18(12-14-20)21-15-16-23(44-21)26-35-31(39-37-26)46-29(42)28(41)33-19-8-4-3-5-9-19/h2-6,8-17,24,29,42H,1,7H2,(H,32,40)(H,33,41)(H,34,36,38)(H,35,37,39). The van der Waals surface area contributed by atoms with Crippen molar-refractivity contribution in [1.82, 2.24) is 30.4 Å². The highest BCUT2D eigenvalue weighted by molar-refractivity contribution is 8.00. The number of carbonyl (C=O) groups excluding carboxylic acids is 2. The van der Waals surface area contributed by atoms with Crippen LogP contribution in [-0.2, 0) is 9.59 Å². The van der Waals surface area contributed by atoms with Crippen LogP contribution >= 0.6 is 23.5 Å². The highest BCUT2D eigenvalue weighted by Crippen LogP contribution is 2.30. The molecule has 0 saturated carbocycles. The normalized spacial score (nSPS) is 12.4. The van der Waals surface area contributed by atoms with Gasteiger partial charge in [0.1, 0.15) is 5.76 Å². The first-order valence-electron chi connectivity index (χ1n) is 13.8. The number of allylic oxidation sites excluding steroid dienone is 1. The molecule has 232 valence electrons. The maximum Gasteiger partial charge on any atom is 0.264 e. The van der Waals surface area contributed by atoms with Crippen molar-refractivity contribution in [2.45, 2.75) is 27.4 Å². The van der Waals surface area contributed by atoms with Crippen molar-refractivity contribution in [2.75, 3.05) is 10.6 Å². The molecule has 13 nitrogen and oxygen atoms in total. The summed E-state index contributed by atoms with van der Waals surface area (Å²) in [6.07, 6.45) is 3.65. The average molecular weight is 655 g/mol. The van der Waals surface area contributed by atoms with Gasteiger partial charge in [-0.1, -0.05) is 36.0 Å². The van der Waals surface area contributed by atoms with E-state index in [4.69, 9.17) is 8.83 Å². The number of carbonyl (C=O) groups is 2. The molecule has 4 heterocycles. The third-order valence-electron chi connectivity index (χ3n) is 6.38. The second-order valence-corrected chi connectivity index (χ2v) is 11.9. The molecule has 2 unspecified atom stereocenters. The molecule has 6 rings (SSSR count). The zero-order valence-electron chi connectivity index (χ0n) is 23.9. The predicted octanol–water partition coefficient (Wildman–Crippen LogP) is 5.83. The van der Waals surface area contributed by atoms with Crippen molar-refractivity contribution in [3.05, 3.63) is 97.8 Å². The number of para-hydroxylation sites is 1. The van der Waals surface area contributed by atoms with E-state index in [1.807, 2.05) is 18.2 Å². The van der Waals surface area contributed by atoms with Gasteiger partial charge in [-0.05, 0) is 78.8 Å². The number of H-pyrrole nitrogens is 2. The fraction of sp³-hybridized carbons (Fsp3) is 0.0968. The van der Waals surface area contributed by atoms with E-state index in [0.717, 1.165) is 17.3 Å². The number of aliphatic hydroxyl groups is 1. The molecule has 2 atom stereocenters. The Balaban J connectivity index is 1.05. The second-order valence-electron chi connectivity index (χ2n) is 9.62. The summed E-state index contributed by atoms with van der Waals surface area (Å²) in [6, 6.07) is 23.1. The Kier molecular flexibility index (Phi) is 9.43. The van der Waals surface area contributed by atoms with E-state index in [9.17, 15) is 14.7 Å². The molecule has 2 amide bonds. The molecular formula is C31H26N8O5S2. The van der Waals surface area contributed by atoms with Gasteiger partial charge in [-0.15, -0.1) is 27.0 Å². The number of nitrogens with one attached hydrogen (secondary N) is 4. The zero-order chi connectivity index (χ0) is 31.9. The maximum absolute atomic E-state index is 13.1. The molecule has 2 aromatic carbocycles. The third kappa shape index (κ3) is 7.46. The summed E-state index contributed by atoms with van der Waals surface area (Å²) < 4.78 is 11.3. The molecule has 0 aliphatic heterocycles. The van der Waals surface area contributed by atoms with Crippen LogP contribution in [0, 0.1) is 0 Å². The van der Waals surface area contributed by atoms with Crippen molar-refractivity contribution in [2.24, 2.45) is 0 Å². The van der Waals surface area contributed by atoms with Gasteiger partial charge in [-0.2, -0.15) is 0 Å². The van der Waals surface area contributed by atoms with Crippen molar-refractivity contribution in [3.8, 4) is 34.5 Å². The lowest BCUT2D eigenvalue weighted by Crippen LogP contribution is -2.24. The third-order valence-corrected chi connectivity index (χ3v) is 8.32. The fourth-order valence-corrected chi connectivity index (χ4v) is 5.71. The topological polar surface area (TPSA) is 188 Å². The Morgan fingerprint density at radius 3 is 2.13 bits per heavy atom. The molecule has 4 aromatic heterocycles. The first-order valence-corrected chi connectivity index (χ1v) is 15.6. The van der Waals surface area contributed by atoms with Crippen LogP contribution in [0.4, 0.5) is 11.4 Å². The summed E-state index contributed by atoms with van der Waals surface area (Å²) in [4.78, 5) is 31.4. The number of amides is 2. The van der Waals surface area contributed by atoms with E-state index < -0.39 is 16.6 Å². The van der Waals surface area contributed by atoms with Gasteiger partial charge >= 0.3 is 0 Å². The van der Waals surface area contributed by atoms with E-state index >= 15 is 0 Å². The number of benzene rings is 2. The molecule has 0 bridgehead atoms. The summed E-state index contributed by atoms with van der Waals surface area (Å²) in [5.74, 6) is 1.56. The van der Waals surface area contributed by atoms with Gasteiger partial charge < -0.3 is 34.5 Å². The Hall–Kier alpha value is -5.38. The Bertz CT molecular complexity index is 1920. The van der Waals surface area contributed by atoms with Crippen molar-refractivity contribution in [3.63, 3.8) is 0 Å². The monoisotopic (exact) mass is 654 g/mol. The van der Waals surface area contributed by atoms with Crippen LogP contribution in [0.25, 0.3) is 34.5 Å². The van der Waals surface area contributed by atoms with Crippen LogP contribution in [0.2, 0.25) is 0 Å². The van der Waals surface area contributed by atoms with Gasteiger partial charge in [0.25, 0.3) is 5.91 Å². The van der Waals surface area contributed by atoms with E-state index in [1.54, 1.807) is 73.0 Å². The number of hydrogen-bond acceptors (Lipinski definition) is 11. The van der Waals surface area contributed by atoms with Gasteiger partial charge in [0.05, 0.1) is 11.5 Å². The molecule has 0 saturated heterocycles. The van der Waals surface area contributed by atoms with Gasteiger partial charge in [0.2, 0.25) is 5.91 Å². The molecule has 0 radical (unpaired) electrons. The first-order chi connectivity index (χ1) is 22.4. The van der Waals surface area contributed by atoms with E-state index in [-0.39, 0.29) is 11.1 Å². The number of rotatable bonds is 13. The highest BCUT2D eigenvalue weighted by Gasteiger charge is 2.22. The molecule has 0 aliphatic carbocycles. The minimum absolute atomic E-state index is 0.212. The molecule has 0 fully saturated rings. The summed E-state index contributed by atoms with van der Waals surface area (Å²) in [5, 5.41) is 32.4. The van der Waals surface area contributed by atoms with Gasteiger partial charge in [0.15, 0.2) is 38.9 Å². The largest absolute Gasteiger partial charge is 0.461 e. The van der Waals surface area contributed by atoms with Crippen LogP contribution < -0.4 is 10.6 Å². The van der Waals surface area contributed by atoms with Crippen LogP contribution in [-0.4, -0.2) is 58.0 Å². The number of nitrogens with zero attached hydrogens (tertiary/aromatic N) is 4. The molecule has 46 heavy (non-hydrogen) atoms. The number of aromatic amines is 2. The van der Waals surface area contributed by atoms with Crippen molar-refractivity contribution in [1.29, 1.82) is 0 Å². The number of furan rings is 2. The van der Waals surface area contributed by atoms with Gasteiger partial charge in [0, 0.05) is 16.9 Å². The molecule has 15 heteroatoms. The lowest BCUT2D eigenvalue weighted by atomic mass is 10.1. The number of aliphatic hydroxyl groups excluding tert-OH is 1. The smallest absolute Gasteiger partial charge is 0.264 e. The highest BCUT2D eigenvalue weighted by atomic mass is 32.2. The minimum Gasteiger partial charge on any atom is -0.461 e. The molecular weight excluding hydrogens is 629 g/mol. The Morgan fingerprint density at radius 2 is 1.43 bits per heavy atom. The minimum atomic E-state index is -1.40. The Labute approximate surface area is 270 Å². The predicted molar refractivity (Wildman–Crippen MR) is 174 cm³/mol. The van der Waals surface area contributed by atoms with Gasteiger partial charge in [-0.3, -0.25) is 9.59 Å². The molecule has 6 aromatic rings. The Morgan fingerprint density at radius 1 is 0.783 bits per heavy atom. The number of thioether (sulfide) groups is 2. The average Bonchev–Trinajstić information content (AvgIpc) is 3.89. The van der Waals surface area contributed by atoms with Crippen LogP contribution in [0.15, 0.2) is 117 Å². The fourth-order valence-electron chi connectivity index (χ4n) is 4.17. The summed E-state index contributed by atoms with van der Waals surface area (Å²) in [5.41, 5.74) is 0.551. The number of aromatic nitrogens is 6. The zero-order valence-corrected chi connectivity index (χ0v) is 25.5. The lowest BCUT2D eigenvalue weighted by Gasteiger charge is -2.13. The first kappa shape index (κ1) is 30.6. The SMILES string of the molecule is C=CCC(Sc1nnc(-c2ccco2)[nH]1)C(=O)Nc1ccc(-c2ccc(-c3nnc(SC(O)C(=O)Nc4ccccc4)[nH]3)o2)cc1. The molecule has 0 aliphatic rings. The quantitative estimate of drug-likeness (QED) is 0.0572. The van der Waals surface area contributed by atoms with Crippen LogP contribution in [0.3, 0.4) is 0 Å². The van der Waals surface area contributed by atoms with E-state index in [1.165, 1.54) is 11.8 Å². The summed E-state index contributed by atoms with van der Waals surface area (Å²) in [7, 11) is 0. The lowest BCUT2D eigenvalue weighted by molar-refractivity contribution is -0.120. The molecule has 5 N–H and O–H groups in total. The van der Waals surface area contributed by atoms with E-state index in [2.05, 4.69) is 47.6 Å².